The highest BCUT2D eigenvalue weighted by Crippen LogP contribution is 2.48. The highest BCUT2D eigenvalue weighted by atomic mass is 16.6. The number of hydrogen-bond donors (Lipinski definition) is 1. The van der Waals surface area contributed by atoms with Crippen LogP contribution in [0.3, 0.4) is 0 Å². The summed E-state index contributed by atoms with van der Waals surface area (Å²) in [5.41, 5.74) is 5.07. The Morgan fingerprint density at radius 2 is 2.19 bits per heavy atom. The standard InChI is InChI=1S/C12H21NO3/c1-11(2,3)16-10(14)9-5-12(7-13)4-8(9)6-15-12/h8-9H,4-7,13H2,1-3H3/t8-,9+,12+/m0/s1. The molecule has 92 valence electrons. The van der Waals surface area contributed by atoms with Crippen molar-refractivity contribution in [3.8, 4) is 0 Å². The first-order valence-electron chi connectivity index (χ1n) is 5.92. The molecule has 0 aromatic carbocycles. The van der Waals surface area contributed by atoms with Crippen LogP contribution in [0.25, 0.3) is 0 Å². The zero-order valence-electron chi connectivity index (χ0n) is 10.3. The van der Waals surface area contributed by atoms with Gasteiger partial charge in [-0.05, 0) is 39.5 Å². The average molecular weight is 227 g/mol. The first-order valence-corrected chi connectivity index (χ1v) is 5.92. The Hall–Kier alpha value is -0.610. The topological polar surface area (TPSA) is 61.5 Å². The van der Waals surface area contributed by atoms with Gasteiger partial charge in [-0.1, -0.05) is 0 Å². The molecule has 4 nitrogen and oxygen atoms in total. The predicted octanol–water partition coefficient (Wildman–Crippen LogP) is 1.08. The minimum Gasteiger partial charge on any atom is -0.460 e. The Bertz CT molecular complexity index is 297. The van der Waals surface area contributed by atoms with Crippen LogP contribution in [0.15, 0.2) is 0 Å². The molecule has 0 unspecified atom stereocenters. The van der Waals surface area contributed by atoms with E-state index in [1.165, 1.54) is 0 Å². The average Bonchev–Trinajstić information content (AvgIpc) is 2.72. The van der Waals surface area contributed by atoms with E-state index in [9.17, 15) is 4.79 Å². The monoisotopic (exact) mass is 227 g/mol. The fourth-order valence-electron chi connectivity index (χ4n) is 2.73. The highest BCUT2D eigenvalue weighted by Gasteiger charge is 2.54. The Morgan fingerprint density at radius 1 is 1.50 bits per heavy atom. The maximum Gasteiger partial charge on any atom is 0.309 e. The molecule has 2 fully saturated rings. The third kappa shape index (κ3) is 2.09. The van der Waals surface area contributed by atoms with E-state index in [0.717, 1.165) is 12.8 Å². The van der Waals surface area contributed by atoms with E-state index in [1.807, 2.05) is 20.8 Å². The molecule has 16 heavy (non-hydrogen) atoms. The van der Waals surface area contributed by atoms with Gasteiger partial charge in [0, 0.05) is 6.54 Å². The van der Waals surface area contributed by atoms with Crippen molar-refractivity contribution in [2.75, 3.05) is 13.2 Å². The SMILES string of the molecule is CC(C)(C)OC(=O)[C@@H]1C[C@@]2(CN)C[C@H]1CO2. The van der Waals surface area contributed by atoms with Gasteiger partial charge in [-0.15, -0.1) is 0 Å². The first-order chi connectivity index (χ1) is 7.35. The summed E-state index contributed by atoms with van der Waals surface area (Å²) >= 11 is 0. The third-order valence-corrected chi connectivity index (χ3v) is 3.48. The lowest BCUT2D eigenvalue weighted by atomic mass is 9.95. The number of carbonyl (C=O) groups is 1. The molecule has 0 radical (unpaired) electrons. The summed E-state index contributed by atoms with van der Waals surface area (Å²) < 4.78 is 11.1. The molecule has 0 aromatic heterocycles. The molecule has 1 saturated heterocycles. The number of esters is 1. The van der Waals surface area contributed by atoms with Crippen LogP contribution in [-0.2, 0) is 14.3 Å². The molecule has 3 atom stereocenters. The molecule has 0 spiro atoms. The lowest BCUT2D eigenvalue weighted by molar-refractivity contribution is -0.165. The van der Waals surface area contributed by atoms with Gasteiger partial charge >= 0.3 is 5.97 Å². The number of carbonyl (C=O) groups excluding carboxylic acids is 1. The van der Waals surface area contributed by atoms with E-state index in [-0.39, 0.29) is 17.5 Å². The van der Waals surface area contributed by atoms with Crippen LogP contribution in [0, 0.1) is 11.8 Å². The van der Waals surface area contributed by atoms with Gasteiger partial charge in [0.15, 0.2) is 0 Å². The third-order valence-electron chi connectivity index (χ3n) is 3.48. The van der Waals surface area contributed by atoms with Gasteiger partial charge in [0.1, 0.15) is 5.60 Å². The minimum absolute atomic E-state index is 0.0171. The van der Waals surface area contributed by atoms with Crippen molar-refractivity contribution in [3.63, 3.8) is 0 Å². The Balaban J connectivity index is 2.01. The van der Waals surface area contributed by atoms with E-state index in [4.69, 9.17) is 15.2 Å². The maximum absolute atomic E-state index is 12.0. The zero-order valence-corrected chi connectivity index (χ0v) is 10.3. The van der Waals surface area contributed by atoms with Gasteiger partial charge in [-0.2, -0.15) is 0 Å². The Labute approximate surface area is 96.5 Å². The van der Waals surface area contributed by atoms with E-state index in [0.29, 0.717) is 19.1 Å². The summed E-state index contributed by atoms with van der Waals surface area (Å²) in [6, 6.07) is 0. The quantitative estimate of drug-likeness (QED) is 0.717. The van der Waals surface area contributed by atoms with Crippen molar-refractivity contribution in [1.82, 2.24) is 0 Å². The van der Waals surface area contributed by atoms with E-state index in [1.54, 1.807) is 0 Å². The molecule has 0 amide bonds. The second-order valence-corrected chi connectivity index (χ2v) is 6.01. The molecule has 0 aromatic rings. The summed E-state index contributed by atoms with van der Waals surface area (Å²) in [4.78, 5) is 12.0. The number of hydrogen-bond acceptors (Lipinski definition) is 4. The van der Waals surface area contributed by atoms with Crippen molar-refractivity contribution >= 4 is 5.97 Å². The molecule has 2 aliphatic rings. The largest absolute Gasteiger partial charge is 0.460 e. The van der Waals surface area contributed by atoms with Gasteiger partial charge in [0.2, 0.25) is 0 Å². The first kappa shape index (κ1) is 11.9. The molecular formula is C12H21NO3. The number of fused-ring (bicyclic) bond motifs is 2. The smallest absolute Gasteiger partial charge is 0.309 e. The summed E-state index contributed by atoms with van der Waals surface area (Å²) in [5, 5.41) is 0. The number of rotatable bonds is 2. The summed E-state index contributed by atoms with van der Waals surface area (Å²) in [6.07, 6.45) is 1.64. The van der Waals surface area contributed by atoms with Crippen LogP contribution >= 0.6 is 0 Å². The van der Waals surface area contributed by atoms with Crippen molar-refractivity contribution in [2.24, 2.45) is 17.6 Å². The van der Waals surface area contributed by atoms with Crippen molar-refractivity contribution in [2.45, 2.75) is 44.8 Å². The van der Waals surface area contributed by atoms with Gasteiger partial charge in [-0.25, -0.2) is 0 Å². The molecule has 1 heterocycles. The fraction of sp³-hybridized carbons (Fsp3) is 0.917. The molecular weight excluding hydrogens is 206 g/mol. The molecule has 2 bridgehead atoms. The molecule has 2 rings (SSSR count). The van der Waals surface area contributed by atoms with Gasteiger partial charge in [0.05, 0.1) is 18.1 Å². The number of ether oxygens (including phenoxy) is 2. The van der Waals surface area contributed by atoms with Crippen LogP contribution < -0.4 is 5.73 Å². The van der Waals surface area contributed by atoms with Crippen LogP contribution in [0.2, 0.25) is 0 Å². The van der Waals surface area contributed by atoms with Crippen LogP contribution in [0.5, 0.6) is 0 Å². The molecule has 2 N–H and O–H groups in total. The lowest BCUT2D eigenvalue weighted by Crippen LogP contribution is -2.40. The fourth-order valence-corrected chi connectivity index (χ4v) is 2.73. The molecule has 4 heteroatoms. The van der Waals surface area contributed by atoms with E-state index < -0.39 is 5.60 Å². The lowest BCUT2D eigenvalue weighted by Gasteiger charge is -2.30. The molecule has 1 aliphatic heterocycles. The molecule has 1 aliphatic carbocycles. The summed E-state index contributed by atoms with van der Waals surface area (Å²) in [6.45, 7) is 6.85. The van der Waals surface area contributed by atoms with Crippen molar-refractivity contribution in [1.29, 1.82) is 0 Å². The van der Waals surface area contributed by atoms with Gasteiger partial charge in [0.25, 0.3) is 0 Å². The van der Waals surface area contributed by atoms with Crippen LogP contribution in [0.1, 0.15) is 33.6 Å². The normalized spacial score (nSPS) is 37.8. The Kier molecular flexibility index (Phi) is 2.75. The van der Waals surface area contributed by atoms with Crippen LogP contribution in [0.4, 0.5) is 0 Å². The second kappa shape index (κ2) is 3.70. The predicted molar refractivity (Wildman–Crippen MR) is 59.8 cm³/mol. The molecule has 1 saturated carbocycles. The van der Waals surface area contributed by atoms with E-state index >= 15 is 0 Å². The number of nitrogens with two attached hydrogens (primary N) is 1. The zero-order chi connectivity index (χ0) is 12.0. The summed E-state index contributed by atoms with van der Waals surface area (Å²) in [7, 11) is 0. The van der Waals surface area contributed by atoms with Gasteiger partial charge < -0.3 is 15.2 Å². The highest BCUT2D eigenvalue weighted by molar-refractivity contribution is 5.74. The van der Waals surface area contributed by atoms with Gasteiger partial charge in [-0.3, -0.25) is 4.79 Å². The van der Waals surface area contributed by atoms with Crippen LogP contribution in [-0.4, -0.2) is 30.3 Å². The van der Waals surface area contributed by atoms with E-state index in [2.05, 4.69) is 0 Å². The summed E-state index contributed by atoms with van der Waals surface area (Å²) in [5.74, 6) is 0.200. The minimum atomic E-state index is -0.407. The maximum atomic E-state index is 12.0. The Morgan fingerprint density at radius 3 is 2.69 bits per heavy atom. The van der Waals surface area contributed by atoms with Crippen molar-refractivity contribution < 1.29 is 14.3 Å². The second-order valence-electron chi connectivity index (χ2n) is 6.01. The van der Waals surface area contributed by atoms with Crippen molar-refractivity contribution in [3.05, 3.63) is 0 Å².